The number of halogens is 3. The number of benzene rings is 3. The van der Waals surface area contributed by atoms with Gasteiger partial charge in [0.1, 0.15) is 5.75 Å². The molecule has 0 fully saturated rings. The van der Waals surface area contributed by atoms with E-state index >= 15 is 0 Å². The number of carbonyl (C=O) groups excluding carboxylic acids is 3. The van der Waals surface area contributed by atoms with Gasteiger partial charge >= 0.3 is 6.18 Å². The quantitative estimate of drug-likeness (QED) is 0.592. The summed E-state index contributed by atoms with van der Waals surface area (Å²) in [5.41, 5.74) is 0.0712. The van der Waals surface area contributed by atoms with Gasteiger partial charge in [0.05, 0.1) is 22.4 Å². The molecule has 1 N–H and O–H groups in total. The average Bonchev–Trinajstić information content (AvgIpc) is 3.02. The molecule has 32 heavy (non-hydrogen) atoms. The van der Waals surface area contributed by atoms with Crippen molar-refractivity contribution in [2.75, 3.05) is 16.8 Å². The zero-order valence-corrected chi connectivity index (χ0v) is 16.3. The maximum absolute atomic E-state index is 13.0. The molecule has 0 spiro atoms. The van der Waals surface area contributed by atoms with Crippen molar-refractivity contribution in [3.63, 3.8) is 0 Å². The third-order valence-corrected chi connectivity index (χ3v) is 4.73. The van der Waals surface area contributed by atoms with E-state index in [9.17, 15) is 27.6 Å². The van der Waals surface area contributed by atoms with Crippen molar-refractivity contribution in [2.45, 2.75) is 6.18 Å². The van der Waals surface area contributed by atoms with Gasteiger partial charge in [-0.25, -0.2) is 4.90 Å². The number of fused-ring (bicyclic) bond motifs is 1. The Bertz CT molecular complexity index is 1190. The monoisotopic (exact) mass is 440 g/mol. The maximum Gasteiger partial charge on any atom is 0.419 e. The normalized spacial score (nSPS) is 13.2. The smallest absolute Gasteiger partial charge is 0.419 e. The second-order valence-electron chi connectivity index (χ2n) is 6.87. The van der Waals surface area contributed by atoms with Gasteiger partial charge in [0.15, 0.2) is 6.61 Å². The Hall–Kier alpha value is -4.14. The van der Waals surface area contributed by atoms with Gasteiger partial charge in [-0.3, -0.25) is 14.4 Å². The molecule has 0 saturated heterocycles. The molecule has 0 radical (unpaired) electrons. The first kappa shape index (κ1) is 21.1. The number of amides is 3. The zero-order chi connectivity index (χ0) is 22.9. The number of nitrogens with zero attached hydrogens (tertiary/aromatic N) is 1. The van der Waals surface area contributed by atoms with Gasteiger partial charge in [0.2, 0.25) is 0 Å². The molecule has 0 saturated carbocycles. The Morgan fingerprint density at radius 3 is 2.16 bits per heavy atom. The van der Waals surface area contributed by atoms with Gasteiger partial charge in [0, 0.05) is 5.69 Å². The van der Waals surface area contributed by atoms with Crippen LogP contribution in [0.5, 0.6) is 5.75 Å². The van der Waals surface area contributed by atoms with Gasteiger partial charge in [-0.1, -0.05) is 30.3 Å². The molecule has 1 aliphatic heterocycles. The lowest BCUT2D eigenvalue weighted by atomic mass is 10.1. The lowest BCUT2D eigenvalue weighted by Gasteiger charge is -2.16. The minimum Gasteiger partial charge on any atom is -0.483 e. The fourth-order valence-corrected chi connectivity index (χ4v) is 3.31. The van der Waals surface area contributed by atoms with Crippen LogP contribution in [0.15, 0.2) is 72.8 Å². The predicted molar refractivity (Wildman–Crippen MR) is 110 cm³/mol. The first-order chi connectivity index (χ1) is 15.3. The summed E-state index contributed by atoms with van der Waals surface area (Å²) in [5, 5.41) is 2.49. The third-order valence-electron chi connectivity index (χ3n) is 4.73. The molecule has 6 nitrogen and oxygen atoms in total. The first-order valence-corrected chi connectivity index (χ1v) is 9.42. The Kier molecular flexibility index (Phi) is 5.40. The lowest BCUT2D eigenvalue weighted by molar-refractivity contribution is -0.139. The summed E-state index contributed by atoms with van der Waals surface area (Å²) < 4.78 is 44.2. The predicted octanol–water partition coefficient (Wildman–Crippen LogP) is 4.52. The standard InChI is InChI=1S/C23H15F3N2O4/c24-23(25,26)18-10-3-4-11-19(18)32-13-20(29)27-14-6-5-7-15(12-14)28-21(30)16-8-1-2-9-17(16)22(28)31/h1-12H,13H2,(H,27,29). The highest BCUT2D eigenvalue weighted by Crippen LogP contribution is 2.36. The van der Waals surface area contributed by atoms with Crippen molar-refractivity contribution in [3.05, 3.63) is 89.5 Å². The molecule has 1 aliphatic rings. The summed E-state index contributed by atoms with van der Waals surface area (Å²) in [5.74, 6) is -2.14. The largest absolute Gasteiger partial charge is 0.483 e. The van der Waals surface area contributed by atoms with Crippen LogP contribution in [0.2, 0.25) is 0 Å². The third kappa shape index (κ3) is 4.04. The molecule has 0 aromatic heterocycles. The molecule has 1 heterocycles. The number of ether oxygens (including phenoxy) is 1. The lowest BCUT2D eigenvalue weighted by Crippen LogP contribution is -2.29. The van der Waals surface area contributed by atoms with Gasteiger partial charge in [-0.2, -0.15) is 13.2 Å². The second-order valence-corrected chi connectivity index (χ2v) is 6.87. The van der Waals surface area contributed by atoms with Crippen LogP contribution in [0.1, 0.15) is 26.3 Å². The van der Waals surface area contributed by atoms with Crippen LogP contribution in [0, 0.1) is 0 Å². The van der Waals surface area contributed by atoms with Crippen LogP contribution in [0.4, 0.5) is 24.5 Å². The highest BCUT2D eigenvalue weighted by molar-refractivity contribution is 6.34. The van der Waals surface area contributed by atoms with Crippen LogP contribution >= 0.6 is 0 Å². The van der Waals surface area contributed by atoms with E-state index in [-0.39, 0.29) is 22.5 Å². The second kappa shape index (κ2) is 8.18. The van der Waals surface area contributed by atoms with E-state index in [1.807, 2.05) is 0 Å². The molecule has 4 rings (SSSR count). The summed E-state index contributed by atoms with van der Waals surface area (Å²) in [7, 11) is 0. The minimum absolute atomic E-state index is 0.247. The number of imide groups is 1. The van der Waals surface area contributed by atoms with E-state index in [1.54, 1.807) is 24.3 Å². The number of anilines is 2. The minimum atomic E-state index is -4.62. The first-order valence-electron chi connectivity index (χ1n) is 9.42. The highest BCUT2D eigenvalue weighted by Gasteiger charge is 2.36. The van der Waals surface area contributed by atoms with Crippen molar-refractivity contribution in [3.8, 4) is 5.75 Å². The van der Waals surface area contributed by atoms with Crippen LogP contribution in [0.25, 0.3) is 0 Å². The fraction of sp³-hybridized carbons (Fsp3) is 0.0870. The van der Waals surface area contributed by atoms with Gasteiger partial charge < -0.3 is 10.1 Å². The van der Waals surface area contributed by atoms with Crippen LogP contribution in [-0.4, -0.2) is 24.3 Å². The topological polar surface area (TPSA) is 75.7 Å². The van der Waals surface area contributed by atoms with Crippen molar-refractivity contribution in [1.82, 2.24) is 0 Å². The van der Waals surface area contributed by atoms with Crippen molar-refractivity contribution < 1.29 is 32.3 Å². The van der Waals surface area contributed by atoms with E-state index in [0.29, 0.717) is 0 Å². The summed E-state index contributed by atoms with van der Waals surface area (Å²) >= 11 is 0. The number of nitrogens with one attached hydrogen (secondary N) is 1. The van der Waals surface area contributed by atoms with Crippen molar-refractivity contribution in [1.29, 1.82) is 0 Å². The summed E-state index contributed by atoms with van der Waals surface area (Å²) in [4.78, 5) is 38.5. The Labute approximate surface area is 180 Å². The number of hydrogen-bond donors (Lipinski definition) is 1. The fourth-order valence-electron chi connectivity index (χ4n) is 3.31. The van der Waals surface area contributed by atoms with Crippen molar-refractivity contribution in [2.24, 2.45) is 0 Å². The molecule has 0 bridgehead atoms. The molecule has 3 aromatic carbocycles. The van der Waals surface area contributed by atoms with Gasteiger partial charge in [0.25, 0.3) is 17.7 Å². The number of carbonyl (C=O) groups is 3. The van der Waals surface area contributed by atoms with Crippen molar-refractivity contribution >= 4 is 29.1 Å². The Morgan fingerprint density at radius 1 is 0.875 bits per heavy atom. The molecule has 0 atom stereocenters. The number of alkyl halides is 3. The van der Waals surface area contributed by atoms with Gasteiger partial charge in [-0.05, 0) is 42.5 Å². The highest BCUT2D eigenvalue weighted by atomic mass is 19.4. The van der Waals surface area contributed by atoms with E-state index in [1.165, 1.54) is 36.4 Å². The molecule has 3 amide bonds. The molecule has 162 valence electrons. The molecule has 0 aliphatic carbocycles. The SMILES string of the molecule is O=C(COc1ccccc1C(F)(F)F)Nc1cccc(N2C(=O)c3ccccc3C2=O)c1. The Balaban J connectivity index is 1.46. The van der Waals surface area contributed by atoms with Gasteiger partial charge in [-0.15, -0.1) is 0 Å². The molecular weight excluding hydrogens is 425 g/mol. The molecule has 3 aromatic rings. The van der Waals surface area contributed by atoms with E-state index in [2.05, 4.69) is 5.32 Å². The number of rotatable bonds is 5. The van der Waals surface area contributed by atoms with E-state index < -0.39 is 41.8 Å². The molecular formula is C23H15F3N2O4. The van der Waals surface area contributed by atoms with Crippen LogP contribution in [-0.2, 0) is 11.0 Å². The summed E-state index contributed by atoms with van der Waals surface area (Å²) in [6, 6.07) is 17.0. The number of hydrogen-bond acceptors (Lipinski definition) is 4. The molecule has 0 unspecified atom stereocenters. The summed E-state index contributed by atoms with van der Waals surface area (Å²) in [6.07, 6.45) is -4.62. The number of para-hydroxylation sites is 1. The maximum atomic E-state index is 13.0. The average molecular weight is 440 g/mol. The molecule has 9 heteroatoms. The van der Waals surface area contributed by atoms with E-state index in [0.717, 1.165) is 17.0 Å². The Morgan fingerprint density at radius 2 is 1.50 bits per heavy atom. The summed E-state index contributed by atoms with van der Waals surface area (Å²) in [6.45, 7) is -0.662. The van der Waals surface area contributed by atoms with Crippen LogP contribution < -0.4 is 15.0 Å². The zero-order valence-electron chi connectivity index (χ0n) is 16.3. The van der Waals surface area contributed by atoms with E-state index in [4.69, 9.17) is 4.74 Å². The van der Waals surface area contributed by atoms with Crippen LogP contribution in [0.3, 0.4) is 0 Å².